The molecule has 0 saturated heterocycles. The average Bonchev–Trinajstić information content (AvgIpc) is 3.16. The minimum absolute atomic E-state index is 0.0964. The average molecular weight is 353 g/mol. The number of rotatable bonds is 7. The molecule has 0 aliphatic rings. The van der Waals surface area contributed by atoms with Crippen LogP contribution >= 0.6 is 0 Å². The predicted octanol–water partition coefficient (Wildman–Crippen LogP) is 3.47. The van der Waals surface area contributed by atoms with E-state index >= 15 is 0 Å². The Hall–Kier alpha value is -3.25. The Bertz CT molecular complexity index is 873. The molecular formula is C20H19NO5. The van der Waals surface area contributed by atoms with Gasteiger partial charge in [-0.15, -0.1) is 0 Å². The van der Waals surface area contributed by atoms with Gasteiger partial charge in [0.1, 0.15) is 29.6 Å². The van der Waals surface area contributed by atoms with Crippen LogP contribution in [0.4, 0.5) is 5.69 Å². The van der Waals surface area contributed by atoms with E-state index in [1.54, 1.807) is 49.6 Å². The van der Waals surface area contributed by atoms with E-state index in [2.05, 4.69) is 5.32 Å². The maximum atomic E-state index is 12.1. The molecule has 6 heteroatoms. The standard InChI is InChI=1S/C20H19NO5/c1-24-18-9-7-14(11-17(18)19-10-8-16(12-22)26-19)21-20(23)13-25-15-5-3-2-4-6-15/h2-11,22H,12-13H2,1H3,(H,21,23). The van der Waals surface area contributed by atoms with Crippen molar-refractivity contribution in [3.05, 3.63) is 66.4 Å². The molecule has 3 rings (SSSR count). The predicted molar refractivity (Wildman–Crippen MR) is 97.2 cm³/mol. The zero-order valence-electron chi connectivity index (χ0n) is 14.3. The van der Waals surface area contributed by atoms with Crippen LogP contribution in [0.25, 0.3) is 11.3 Å². The summed E-state index contributed by atoms with van der Waals surface area (Å²) in [5.74, 6) is 1.95. The Balaban J connectivity index is 1.71. The van der Waals surface area contributed by atoms with Crippen LogP contribution in [0, 0.1) is 0 Å². The van der Waals surface area contributed by atoms with Crippen LogP contribution in [0.3, 0.4) is 0 Å². The molecule has 0 bridgehead atoms. The Morgan fingerprint density at radius 3 is 2.62 bits per heavy atom. The van der Waals surface area contributed by atoms with Gasteiger partial charge in [0.2, 0.25) is 0 Å². The lowest BCUT2D eigenvalue weighted by molar-refractivity contribution is -0.118. The number of aliphatic hydroxyl groups excluding tert-OH is 1. The molecule has 0 atom stereocenters. The summed E-state index contributed by atoms with van der Waals surface area (Å²) in [5, 5.41) is 11.9. The third-order valence-electron chi connectivity index (χ3n) is 3.68. The Morgan fingerprint density at radius 1 is 1.12 bits per heavy atom. The number of ether oxygens (including phenoxy) is 2. The first-order chi connectivity index (χ1) is 12.7. The van der Waals surface area contributed by atoms with Crippen molar-refractivity contribution >= 4 is 11.6 Å². The summed E-state index contributed by atoms with van der Waals surface area (Å²) in [6, 6.07) is 17.8. The van der Waals surface area contributed by atoms with Crippen LogP contribution in [0.1, 0.15) is 5.76 Å². The summed E-state index contributed by atoms with van der Waals surface area (Å²) in [7, 11) is 1.56. The van der Waals surface area contributed by atoms with E-state index in [-0.39, 0.29) is 19.1 Å². The van der Waals surface area contributed by atoms with Gasteiger partial charge in [0, 0.05) is 5.69 Å². The van der Waals surface area contributed by atoms with Crippen LogP contribution in [0.5, 0.6) is 11.5 Å². The lowest BCUT2D eigenvalue weighted by Gasteiger charge is -2.11. The summed E-state index contributed by atoms with van der Waals surface area (Å²) in [4.78, 5) is 12.1. The number of amides is 1. The van der Waals surface area contributed by atoms with Crippen molar-refractivity contribution < 1.29 is 23.8 Å². The largest absolute Gasteiger partial charge is 0.496 e. The summed E-state index contributed by atoms with van der Waals surface area (Å²) in [6.45, 7) is -0.281. The van der Waals surface area contributed by atoms with E-state index < -0.39 is 0 Å². The highest BCUT2D eigenvalue weighted by molar-refractivity contribution is 5.92. The molecule has 1 heterocycles. The van der Waals surface area contributed by atoms with Gasteiger partial charge in [0.05, 0.1) is 12.7 Å². The van der Waals surface area contributed by atoms with Crippen LogP contribution in [0.2, 0.25) is 0 Å². The number of benzene rings is 2. The van der Waals surface area contributed by atoms with Crippen molar-refractivity contribution in [3.8, 4) is 22.8 Å². The molecule has 2 N–H and O–H groups in total. The number of para-hydroxylation sites is 1. The highest BCUT2D eigenvalue weighted by Crippen LogP contribution is 2.33. The van der Waals surface area contributed by atoms with Gasteiger partial charge in [-0.3, -0.25) is 4.79 Å². The molecule has 1 aromatic heterocycles. The summed E-state index contributed by atoms with van der Waals surface area (Å²) >= 11 is 0. The van der Waals surface area contributed by atoms with Gasteiger partial charge < -0.3 is 24.3 Å². The SMILES string of the molecule is COc1ccc(NC(=O)COc2ccccc2)cc1-c1ccc(CO)o1. The first kappa shape index (κ1) is 17.6. The topological polar surface area (TPSA) is 80.9 Å². The Labute approximate surface area is 151 Å². The zero-order chi connectivity index (χ0) is 18.4. The molecule has 0 spiro atoms. The van der Waals surface area contributed by atoms with Gasteiger partial charge in [0.25, 0.3) is 5.91 Å². The van der Waals surface area contributed by atoms with Gasteiger partial charge in [-0.05, 0) is 42.5 Å². The van der Waals surface area contributed by atoms with Crippen LogP contribution in [-0.4, -0.2) is 24.7 Å². The Kier molecular flexibility index (Phi) is 5.56. The first-order valence-corrected chi connectivity index (χ1v) is 8.05. The molecule has 134 valence electrons. The molecule has 1 amide bonds. The van der Waals surface area contributed by atoms with Crippen LogP contribution in [-0.2, 0) is 11.4 Å². The fourth-order valence-corrected chi connectivity index (χ4v) is 2.45. The molecule has 0 aliphatic heterocycles. The van der Waals surface area contributed by atoms with Gasteiger partial charge in [-0.25, -0.2) is 0 Å². The van der Waals surface area contributed by atoms with Crippen molar-refractivity contribution in [1.29, 1.82) is 0 Å². The minimum atomic E-state index is -0.277. The van der Waals surface area contributed by atoms with Crippen molar-refractivity contribution in [1.82, 2.24) is 0 Å². The molecule has 0 radical (unpaired) electrons. The van der Waals surface area contributed by atoms with Crippen LogP contribution in [0.15, 0.2) is 65.1 Å². The lowest BCUT2D eigenvalue weighted by Crippen LogP contribution is -2.20. The smallest absolute Gasteiger partial charge is 0.262 e. The van der Waals surface area contributed by atoms with Crippen molar-refractivity contribution in [2.45, 2.75) is 6.61 Å². The third-order valence-corrected chi connectivity index (χ3v) is 3.68. The molecule has 0 aliphatic carbocycles. The van der Waals surface area contributed by atoms with Crippen molar-refractivity contribution in [2.75, 3.05) is 19.0 Å². The number of hydrogen-bond donors (Lipinski definition) is 2. The van der Waals surface area contributed by atoms with E-state index in [0.29, 0.717) is 34.3 Å². The maximum Gasteiger partial charge on any atom is 0.262 e. The van der Waals surface area contributed by atoms with Gasteiger partial charge in [-0.1, -0.05) is 18.2 Å². The molecule has 0 saturated carbocycles. The molecule has 3 aromatic rings. The lowest BCUT2D eigenvalue weighted by atomic mass is 10.1. The summed E-state index contributed by atoms with van der Waals surface area (Å²) in [6.07, 6.45) is 0. The number of nitrogens with one attached hydrogen (secondary N) is 1. The quantitative estimate of drug-likeness (QED) is 0.680. The number of carbonyl (C=O) groups is 1. The maximum absolute atomic E-state index is 12.1. The summed E-state index contributed by atoms with van der Waals surface area (Å²) in [5.41, 5.74) is 1.26. The number of aliphatic hydroxyl groups is 1. The molecule has 6 nitrogen and oxygen atoms in total. The second-order valence-electron chi connectivity index (χ2n) is 5.49. The van der Waals surface area contributed by atoms with Gasteiger partial charge >= 0.3 is 0 Å². The monoisotopic (exact) mass is 353 g/mol. The molecule has 0 unspecified atom stereocenters. The normalized spacial score (nSPS) is 10.4. The molecule has 26 heavy (non-hydrogen) atoms. The second kappa shape index (κ2) is 8.22. The van der Waals surface area contributed by atoms with E-state index in [1.165, 1.54) is 0 Å². The molecule has 0 fully saturated rings. The van der Waals surface area contributed by atoms with E-state index in [4.69, 9.17) is 19.0 Å². The zero-order valence-corrected chi connectivity index (χ0v) is 14.3. The highest BCUT2D eigenvalue weighted by atomic mass is 16.5. The second-order valence-corrected chi connectivity index (χ2v) is 5.49. The number of furan rings is 1. The number of carbonyl (C=O) groups excluding carboxylic acids is 1. The number of methoxy groups -OCH3 is 1. The third kappa shape index (κ3) is 4.23. The Morgan fingerprint density at radius 2 is 1.92 bits per heavy atom. The van der Waals surface area contributed by atoms with E-state index in [9.17, 15) is 4.79 Å². The molecular weight excluding hydrogens is 334 g/mol. The first-order valence-electron chi connectivity index (χ1n) is 8.05. The van der Waals surface area contributed by atoms with Gasteiger partial charge in [-0.2, -0.15) is 0 Å². The van der Waals surface area contributed by atoms with Crippen molar-refractivity contribution in [2.24, 2.45) is 0 Å². The van der Waals surface area contributed by atoms with Crippen molar-refractivity contribution in [3.63, 3.8) is 0 Å². The highest BCUT2D eigenvalue weighted by Gasteiger charge is 2.13. The number of anilines is 1. The van der Waals surface area contributed by atoms with Crippen LogP contribution < -0.4 is 14.8 Å². The fourth-order valence-electron chi connectivity index (χ4n) is 2.45. The molecule has 2 aromatic carbocycles. The van der Waals surface area contributed by atoms with E-state index in [1.807, 2.05) is 18.2 Å². The fraction of sp³-hybridized carbons (Fsp3) is 0.150. The number of hydrogen-bond acceptors (Lipinski definition) is 5. The van der Waals surface area contributed by atoms with E-state index in [0.717, 1.165) is 0 Å². The minimum Gasteiger partial charge on any atom is -0.496 e. The summed E-state index contributed by atoms with van der Waals surface area (Å²) < 4.78 is 16.3. The van der Waals surface area contributed by atoms with Gasteiger partial charge in [0.15, 0.2) is 6.61 Å².